The second-order valence-corrected chi connectivity index (χ2v) is 7.24. The number of amides is 1. The highest BCUT2D eigenvalue weighted by Gasteiger charge is 2.27. The zero-order chi connectivity index (χ0) is 17.2. The quantitative estimate of drug-likeness (QED) is 0.921. The van der Waals surface area contributed by atoms with E-state index in [1.807, 2.05) is 12.1 Å². The van der Waals surface area contributed by atoms with Crippen LogP contribution in [0.1, 0.15) is 54.8 Å². The fourth-order valence-corrected chi connectivity index (χ4v) is 3.26. The first-order valence-electron chi connectivity index (χ1n) is 9.18. The van der Waals surface area contributed by atoms with Gasteiger partial charge in [0, 0.05) is 36.6 Å². The number of hydrogen-bond donors (Lipinski definition) is 1. The Labute approximate surface area is 148 Å². The second-order valence-electron chi connectivity index (χ2n) is 7.24. The summed E-state index contributed by atoms with van der Waals surface area (Å²) in [7, 11) is 0. The minimum atomic E-state index is -0.177. The molecule has 1 aromatic carbocycles. The molecule has 1 aliphatic heterocycles. The van der Waals surface area contributed by atoms with Crippen LogP contribution < -0.4 is 10.2 Å². The lowest BCUT2D eigenvalue weighted by molar-refractivity contribution is 0.102. The maximum Gasteiger partial charge on any atom is 0.274 e. The van der Waals surface area contributed by atoms with Crippen LogP contribution in [-0.4, -0.2) is 29.0 Å². The largest absolute Gasteiger partial charge is 0.372 e. The number of hydrogen-bond acceptors (Lipinski definition) is 4. The normalized spacial score (nSPS) is 18.2. The molecule has 2 heterocycles. The number of nitrogens with zero attached hydrogens (tertiary/aromatic N) is 3. The van der Waals surface area contributed by atoms with Gasteiger partial charge < -0.3 is 10.2 Å². The molecule has 0 atom stereocenters. The van der Waals surface area contributed by atoms with Crippen LogP contribution in [0, 0.1) is 5.92 Å². The van der Waals surface area contributed by atoms with E-state index in [1.165, 1.54) is 18.5 Å². The molecule has 0 unspecified atom stereocenters. The predicted octanol–water partition coefficient (Wildman–Crippen LogP) is 3.84. The van der Waals surface area contributed by atoms with Crippen LogP contribution in [0.2, 0.25) is 0 Å². The molecule has 0 radical (unpaired) electrons. The summed E-state index contributed by atoms with van der Waals surface area (Å²) < 4.78 is 0. The zero-order valence-electron chi connectivity index (χ0n) is 14.6. The number of aromatic nitrogens is 2. The molecule has 1 aliphatic carbocycles. The monoisotopic (exact) mass is 336 g/mol. The van der Waals surface area contributed by atoms with Gasteiger partial charge in [-0.3, -0.25) is 4.79 Å². The van der Waals surface area contributed by atoms with Crippen LogP contribution in [-0.2, 0) is 0 Å². The Hall–Kier alpha value is -2.43. The van der Waals surface area contributed by atoms with Crippen LogP contribution in [0.5, 0.6) is 0 Å². The number of anilines is 2. The van der Waals surface area contributed by atoms with Crippen LogP contribution in [0.3, 0.4) is 0 Å². The van der Waals surface area contributed by atoms with Crippen molar-refractivity contribution in [3.63, 3.8) is 0 Å². The molecule has 2 aliphatic rings. The molecule has 1 N–H and O–H groups in total. The van der Waals surface area contributed by atoms with Crippen LogP contribution in [0.15, 0.2) is 36.5 Å². The fraction of sp³-hybridized carbons (Fsp3) is 0.450. The van der Waals surface area contributed by atoms with E-state index in [-0.39, 0.29) is 5.91 Å². The molecule has 130 valence electrons. The summed E-state index contributed by atoms with van der Waals surface area (Å²) in [5.74, 6) is 1.88. The SMILES string of the molecule is CC1CCN(c2ccc(NC(=O)c3ccnc(C4CC4)n3)cc2)CC1. The van der Waals surface area contributed by atoms with Gasteiger partial charge in [0.2, 0.25) is 0 Å². The van der Waals surface area contributed by atoms with Gasteiger partial charge in [-0.1, -0.05) is 6.92 Å². The molecule has 2 fully saturated rings. The summed E-state index contributed by atoms with van der Waals surface area (Å²) in [6.07, 6.45) is 6.42. The van der Waals surface area contributed by atoms with Gasteiger partial charge in [-0.25, -0.2) is 9.97 Å². The van der Waals surface area contributed by atoms with Crippen molar-refractivity contribution in [1.82, 2.24) is 9.97 Å². The van der Waals surface area contributed by atoms with Crippen molar-refractivity contribution in [3.05, 3.63) is 48.0 Å². The molecule has 0 bridgehead atoms. The third-order valence-electron chi connectivity index (χ3n) is 5.12. The van der Waals surface area contributed by atoms with Gasteiger partial charge in [0.25, 0.3) is 5.91 Å². The maximum absolute atomic E-state index is 12.4. The van der Waals surface area contributed by atoms with Gasteiger partial charge >= 0.3 is 0 Å². The highest BCUT2D eigenvalue weighted by atomic mass is 16.1. The van der Waals surface area contributed by atoms with E-state index < -0.39 is 0 Å². The van der Waals surface area contributed by atoms with E-state index in [2.05, 4.69) is 39.2 Å². The van der Waals surface area contributed by atoms with Gasteiger partial charge in [0.15, 0.2) is 0 Å². The third-order valence-corrected chi connectivity index (χ3v) is 5.12. The number of rotatable bonds is 4. The van der Waals surface area contributed by atoms with E-state index in [0.717, 1.165) is 43.4 Å². The zero-order valence-corrected chi connectivity index (χ0v) is 14.6. The topological polar surface area (TPSA) is 58.1 Å². The summed E-state index contributed by atoms with van der Waals surface area (Å²) >= 11 is 0. The number of carbonyl (C=O) groups excluding carboxylic acids is 1. The van der Waals surface area contributed by atoms with Crippen molar-refractivity contribution in [2.75, 3.05) is 23.3 Å². The molecule has 5 heteroatoms. The molecule has 0 spiro atoms. The van der Waals surface area contributed by atoms with E-state index in [4.69, 9.17) is 0 Å². The van der Waals surface area contributed by atoms with E-state index in [1.54, 1.807) is 12.3 Å². The molecule has 1 amide bonds. The minimum Gasteiger partial charge on any atom is -0.372 e. The molecule has 1 saturated heterocycles. The molecule has 25 heavy (non-hydrogen) atoms. The Bertz CT molecular complexity index is 747. The van der Waals surface area contributed by atoms with E-state index in [0.29, 0.717) is 11.6 Å². The fourth-order valence-electron chi connectivity index (χ4n) is 3.26. The van der Waals surface area contributed by atoms with Crippen molar-refractivity contribution in [2.24, 2.45) is 5.92 Å². The molecule has 1 aromatic heterocycles. The van der Waals surface area contributed by atoms with Gasteiger partial charge in [-0.15, -0.1) is 0 Å². The smallest absolute Gasteiger partial charge is 0.274 e. The Kier molecular flexibility index (Phi) is 4.38. The average molecular weight is 336 g/mol. The summed E-state index contributed by atoms with van der Waals surface area (Å²) in [4.78, 5) is 23.5. The first kappa shape index (κ1) is 16.1. The molecule has 1 saturated carbocycles. The Morgan fingerprint density at radius 3 is 2.48 bits per heavy atom. The second kappa shape index (κ2) is 6.82. The van der Waals surface area contributed by atoms with Gasteiger partial charge in [0.05, 0.1) is 0 Å². The molecule has 5 nitrogen and oxygen atoms in total. The lowest BCUT2D eigenvalue weighted by Gasteiger charge is -2.32. The van der Waals surface area contributed by atoms with Crippen molar-refractivity contribution >= 4 is 17.3 Å². The lowest BCUT2D eigenvalue weighted by Crippen LogP contribution is -2.32. The Morgan fingerprint density at radius 1 is 1.08 bits per heavy atom. The highest BCUT2D eigenvalue weighted by molar-refractivity contribution is 6.02. The molecular formula is C20H24N4O. The van der Waals surface area contributed by atoms with Gasteiger partial charge in [-0.2, -0.15) is 0 Å². The van der Waals surface area contributed by atoms with Crippen molar-refractivity contribution in [3.8, 4) is 0 Å². The maximum atomic E-state index is 12.4. The van der Waals surface area contributed by atoms with Crippen molar-refractivity contribution in [2.45, 2.75) is 38.5 Å². The summed E-state index contributed by atoms with van der Waals surface area (Å²) in [5.41, 5.74) is 2.46. The van der Waals surface area contributed by atoms with E-state index in [9.17, 15) is 4.79 Å². The number of carbonyl (C=O) groups is 1. The first-order chi connectivity index (χ1) is 12.2. The summed E-state index contributed by atoms with van der Waals surface area (Å²) in [6, 6.07) is 9.77. The Balaban J connectivity index is 1.40. The van der Waals surface area contributed by atoms with Crippen molar-refractivity contribution < 1.29 is 4.79 Å². The Morgan fingerprint density at radius 2 is 1.80 bits per heavy atom. The van der Waals surface area contributed by atoms with Crippen LogP contribution in [0.4, 0.5) is 11.4 Å². The van der Waals surface area contributed by atoms with E-state index >= 15 is 0 Å². The summed E-state index contributed by atoms with van der Waals surface area (Å²) in [5, 5.41) is 2.93. The number of piperidine rings is 1. The van der Waals surface area contributed by atoms with Crippen LogP contribution in [0.25, 0.3) is 0 Å². The summed E-state index contributed by atoms with van der Waals surface area (Å²) in [6.45, 7) is 4.53. The molecular weight excluding hydrogens is 312 g/mol. The number of benzene rings is 1. The third kappa shape index (κ3) is 3.81. The predicted molar refractivity (Wildman–Crippen MR) is 99.0 cm³/mol. The number of nitrogens with one attached hydrogen (secondary N) is 1. The first-order valence-corrected chi connectivity index (χ1v) is 9.18. The minimum absolute atomic E-state index is 0.177. The molecule has 4 rings (SSSR count). The average Bonchev–Trinajstić information content (AvgIpc) is 3.48. The lowest BCUT2D eigenvalue weighted by atomic mass is 9.99. The van der Waals surface area contributed by atoms with Gasteiger partial charge in [0.1, 0.15) is 11.5 Å². The van der Waals surface area contributed by atoms with Crippen LogP contribution >= 0.6 is 0 Å². The molecule has 2 aromatic rings. The van der Waals surface area contributed by atoms with Gasteiger partial charge in [-0.05, 0) is 61.9 Å². The highest BCUT2D eigenvalue weighted by Crippen LogP contribution is 2.37. The van der Waals surface area contributed by atoms with Crippen molar-refractivity contribution in [1.29, 1.82) is 0 Å². The standard InChI is InChI=1S/C20H24N4O/c1-14-9-12-24(13-10-14)17-6-4-16(5-7-17)22-20(25)18-8-11-21-19(23-18)15-2-3-15/h4-8,11,14-15H,2-3,9-10,12-13H2,1H3,(H,22,25).